The van der Waals surface area contributed by atoms with Crippen LogP contribution in [0.15, 0.2) is 29.0 Å². The molecule has 0 spiro atoms. The molecule has 0 saturated carbocycles. The average molecular weight is 358 g/mol. The number of pyridine rings is 1. The zero-order chi connectivity index (χ0) is 18.7. The first-order valence-electron chi connectivity index (χ1n) is 8.79. The van der Waals surface area contributed by atoms with Crippen molar-refractivity contribution in [1.82, 2.24) is 19.9 Å². The van der Waals surface area contributed by atoms with Crippen LogP contribution in [0.2, 0.25) is 0 Å². The number of hydrogen-bond donors (Lipinski definition) is 0. The molecule has 7 heteroatoms. The van der Waals surface area contributed by atoms with Crippen molar-refractivity contribution in [3.05, 3.63) is 47.1 Å². The van der Waals surface area contributed by atoms with Gasteiger partial charge in [-0.05, 0) is 38.7 Å². The highest BCUT2D eigenvalue weighted by Gasteiger charge is 2.38. The number of amides is 1. The fourth-order valence-electron chi connectivity index (χ4n) is 3.62. The predicted molar refractivity (Wildman–Crippen MR) is 96.9 cm³/mol. The Hall–Kier alpha value is -2.25. The molecule has 0 bridgehead atoms. The molecular formula is C19H26N4O3. The lowest BCUT2D eigenvalue weighted by molar-refractivity contribution is 0.0763. The van der Waals surface area contributed by atoms with Crippen molar-refractivity contribution in [2.75, 3.05) is 40.9 Å². The van der Waals surface area contributed by atoms with Crippen LogP contribution >= 0.6 is 0 Å². The van der Waals surface area contributed by atoms with Crippen LogP contribution in [0.25, 0.3) is 0 Å². The first-order chi connectivity index (χ1) is 12.5. The number of ether oxygens (including phenoxy) is 1. The normalized spacial score (nSPS) is 20.1. The number of carbonyl (C=O) groups is 1. The summed E-state index contributed by atoms with van der Waals surface area (Å²) in [4.78, 5) is 21.1. The summed E-state index contributed by atoms with van der Waals surface area (Å²) in [7, 11) is 5.62. The van der Waals surface area contributed by atoms with E-state index in [1.165, 1.54) is 5.56 Å². The second-order valence-corrected chi connectivity index (χ2v) is 7.12. The van der Waals surface area contributed by atoms with Crippen LogP contribution < -0.4 is 0 Å². The number of likely N-dealkylation sites (tertiary alicyclic amines) is 1. The maximum atomic E-state index is 13.1. The number of nitrogens with zero attached hydrogens (tertiary/aromatic N) is 4. The van der Waals surface area contributed by atoms with Gasteiger partial charge in [-0.2, -0.15) is 0 Å². The molecule has 0 radical (unpaired) electrons. The minimum absolute atomic E-state index is 0.0728. The maximum Gasteiger partial charge on any atom is 0.276 e. The molecular weight excluding hydrogens is 332 g/mol. The topological polar surface area (TPSA) is 71.7 Å². The van der Waals surface area contributed by atoms with Gasteiger partial charge in [0.15, 0.2) is 5.69 Å². The van der Waals surface area contributed by atoms with Gasteiger partial charge < -0.3 is 19.1 Å². The van der Waals surface area contributed by atoms with Gasteiger partial charge >= 0.3 is 0 Å². The first-order valence-corrected chi connectivity index (χ1v) is 8.79. The van der Waals surface area contributed by atoms with Crippen LogP contribution in [-0.4, -0.2) is 66.7 Å². The SMILES string of the molecule is COC[C@@H]1CN(C(=O)c2noc(C)c2CN(C)C)C[C@H]1c1ccncc1. The Balaban J connectivity index is 1.83. The molecule has 0 N–H and O–H groups in total. The molecule has 26 heavy (non-hydrogen) atoms. The van der Waals surface area contributed by atoms with Crippen LogP contribution in [-0.2, 0) is 11.3 Å². The van der Waals surface area contributed by atoms with Crippen molar-refractivity contribution in [3.63, 3.8) is 0 Å². The molecule has 0 unspecified atom stereocenters. The monoisotopic (exact) mass is 358 g/mol. The molecule has 140 valence electrons. The summed E-state index contributed by atoms with van der Waals surface area (Å²) in [5.74, 6) is 1.10. The molecule has 1 fully saturated rings. The zero-order valence-electron chi connectivity index (χ0n) is 15.8. The summed E-state index contributed by atoms with van der Waals surface area (Å²) in [6.07, 6.45) is 3.58. The lowest BCUT2D eigenvalue weighted by Crippen LogP contribution is -2.31. The van der Waals surface area contributed by atoms with Gasteiger partial charge in [-0.1, -0.05) is 5.16 Å². The molecule has 1 amide bonds. The summed E-state index contributed by atoms with van der Waals surface area (Å²) in [6, 6.07) is 4.03. The van der Waals surface area contributed by atoms with Gasteiger partial charge in [0.1, 0.15) is 5.76 Å². The number of carbonyl (C=O) groups excluding carboxylic acids is 1. The van der Waals surface area contributed by atoms with E-state index < -0.39 is 0 Å². The number of methoxy groups -OCH3 is 1. The number of aromatic nitrogens is 2. The van der Waals surface area contributed by atoms with Crippen molar-refractivity contribution in [2.45, 2.75) is 19.4 Å². The molecule has 2 aromatic heterocycles. The molecule has 1 aliphatic heterocycles. The van der Waals surface area contributed by atoms with Gasteiger partial charge in [0.25, 0.3) is 5.91 Å². The Morgan fingerprint density at radius 1 is 1.35 bits per heavy atom. The first kappa shape index (κ1) is 18.5. The summed E-state index contributed by atoms with van der Waals surface area (Å²) < 4.78 is 10.7. The smallest absolute Gasteiger partial charge is 0.276 e. The minimum Gasteiger partial charge on any atom is -0.384 e. The fraction of sp³-hybridized carbons (Fsp3) is 0.526. The van der Waals surface area contributed by atoms with E-state index in [4.69, 9.17) is 9.26 Å². The molecule has 0 aromatic carbocycles. The van der Waals surface area contributed by atoms with Gasteiger partial charge in [-0.3, -0.25) is 9.78 Å². The number of aryl methyl sites for hydroxylation is 1. The quantitative estimate of drug-likeness (QED) is 0.786. The molecule has 2 atom stereocenters. The van der Waals surface area contributed by atoms with Crippen molar-refractivity contribution >= 4 is 5.91 Å². The Morgan fingerprint density at radius 2 is 2.08 bits per heavy atom. The highest BCUT2D eigenvalue weighted by molar-refractivity contribution is 5.94. The third kappa shape index (κ3) is 3.78. The summed E-state index contributed by atoms with van der Waals surface area (Å²) in [5, 5.41) is 4.05. The van der Waals surface area contributed by atoms with Gasteiger partial charge in [0.2, 0.25) is 0 Å². The predicted octanol–water partition coefficient (Wildman–Crippen LogP) is 1.94. The van der Waals surface area contributed by atoms with Gasteiger partial charge in [-0.25, -0.2) is 0 Å². The number of rotatable bonds is 6. The Kier molecular flexibility index (Phi) is 5.68. The van der Waals surface area contributed by atoms with Crippen molar-refractivity contribution in [1.29, 1.82) is 0 Å². The second kappa shape index (κ2) is 7.97. The Morgan fingerprint density at radius 3 is 2.73 bits per heavy atom. The highest BCUT2D eigenvalue weighted by Crippen LogP contribution is 2.33. The largest absolute Gasteiger partial charge is 0.384 e. The molecule has 1 aliphatic rings. The molecule has 3 heterocycles. The Labute approximate surface area is 153 Å². The third-order valence-corrected chi connectivity index (χ3v) is 4.90. The van der Waals surface area contributed by atoms with Crippen molar-refractivity contribution < 1.29 is 14.1 Å². The van der Waals surface area contributed by atoms with Crippen LogP contribution in [0, 0.1) is 12.8 Å². The average Bonchev–Trinajstić information content (AvgIpc) is 3.20. The van der Waals surface area contributed by atoms with Gasteiger partial charge in [-0.15, -0.1) is 0 Å². The summed E-state index contributed by atoms with van der Waals surface area (Å²) >= 11 is 0. The van der Waals surface area contributed by atoms with Crippen LogP contribution in [0.3, 0.4) is 0 Å². The van der Waals surface area contributed by atoms with E-state index in [9.17, 15) is 4.79 Å². The van der Waals surface area contributed by atoms with E-state index in [1.54, 1.807) is 19.5 Å². The standard InChI is InChI=1S/C19H26N4O3/c1-13-16(10-22(2)3)18(21-26-13)19(24)23-9-15(12-25-4)17(11-23)14-5-7-20-8-6-14/h5-8,15,17H,9-12H2,1-4H3/t15-,17-/m0/s1. The number of hydrogen-bond acceptors (Lipinski definition) is 6. The second-order valence-electron chi connectivity index (χ2n) is 7.12. The lowest BCUT2D eigenvalue weighted by Gasteiger charge is -2.17. The third-order valence-electron chi connectivity index (χ3n) is 4.90. The van der Waals surface area contributed by atoms with E-state index in [0.29, 0.717) is 37.7 Å². The van der Waals surface area contributed by atoms with Crippen LogP contribution in [0.4, 0.5) is 0 Å². The van der Waals surface area contributed by atoms with Gasteiger partial charge in [0, 0.05) is 56.5 Å². The highest BCUT2D eigenvalue weighted by atomic mass is 16.5. The molecule has 0 aliphatic carbocycles. The maximum absolute atomic E-state index is 13.1. The molecule has 2 aromatic rings. The van der Waals surface area contributed by atoms with Gasteiger partial charge in [0.05, 0.1) is 6.61 Å². The minimum atomic E-state index is -0.0728. The van der Waals surface area contributed by atoms with E-state index in [0.717, 1.165) is 5.56 Å². The molecule has 3 rings (SSSR count). The summed E-state index contributed by atoms with van der Waals surface area (Å²) in [5.41, 5.74) is 2.46. The van der Waals surface area contributed by atoms with E-state index in [2.05, 4.69) is 10.1 Å². The lowest BCUT2D eigenvalue weighted by atomic mass is 9.90. The van der Waals surface area contributed by atoms with E-state index in [-0.39, 0.29) is 17.7 Å². The zero-order valence-corrected chi connectivity index (χ0v) is 15.8. The van der Waals surface area contributed by atoms with Crippen LogP contribution in [0.1, 0.15) is 33.3 Å². The fourth-order valence-corrected chi connectivity index (χ4v) is 3.62. The van der Waals surface area contributed by atoms with Crippen molar-refractivity contribution in [2.24, 2.45) is 5.92 Å². The molecule has 1 saturated heterocycles. The Bertz CT molecular complexity index is 744. The van der Waals surface area contributed by atoms with Crippen LogP contribution in [0.5, 0.6) is 0 Å². The van der Waals surface area contributed by atoms with Crippen molar-refractivity contribution in [3.8, 4) is 0 Å². The molecule has 7 nitrogen and oxygen atoms in total. The summed E-state index contributed by atoms with van der Waals surface area (Å²) in [6.45, 7) is 4.37. The van der Waals surface area contributed by atoms with E-state index in [1.807, 2.05) is 43.0 Å². The van der Waals surface area contributed by atoms with E-state index >= 15 is 0 Å².